The lowest BCUT2D eigenvalue weighted by Crippen LogP contribution is -2.43. The van der Waals surface area contributed by atoms with Crippen LogP contribution in [0.4, 0.5) is 10.5 Å². The molecule has 1 aliphatic carbocycles. The average molecular weight is 387 g/mol. The summed E-state index contributed by atoms with van der Waals surface area (Å²) in [6.45, 7) is 7.69. The first-order chi connectivity index (χ1) is 13.2. The lowest BCUT2D eigenvalue weighted by atomic mass is 9.79. The van der Waals surface area contributed by atoms with E-state index in [0.29, 0.717) is 5.71 Å². The molecule has 2 aromatic rings. The van der Waals surface area contributed by atoms with E-state index in [4.69, 9.17) is 9.15 Å². The highest BCUT2D eigenvalue weighted by Crippen LogP contribution is 2.33. The van der Waals surface area contributed by atoms with Gasteiger partial charge in [0, 0.05) is 17.7 Å². The fourth-order valence-electron chi connectivity index (χ4n) is 3.67. The number of amides is 2. The minimum absolute atomic E-state index is 0.0196. The smallest absolute Gasteiger partial charge is 0.407 e. The minimum atomic E-state index is -0.387. The Balaban J connectivity index is 1.50. The van der Waals surface area contributed by atoms with Gasteiger partial charge in [-0.15, -0.1) is 0 Å². The third-order valence-electron chi connectivity index (χ3n) is 5.20. The first kappa shape index (κ1) is 20.2. The Morgan fingerprint density at radius 2 is 1.93 bits per heavy atom. The highest BCUT2D eigenvalue weighted by Gasteiger charge is 2.31. The molecule has 2 amide bonds. The van der Waals surface area contributed by atoms with Gasteiger partial charge in [-0.1, -0.05) is 0 Å². The standard InChI is InChI=1S/C21H29N3O4/c1-13(28-20(26)24-21(2,3)4)14-5-7-15(8-6-14)18(25)23-17-9-11-22-19-16(17)10-12-27-19/h9-15H,5-8H2,1-4H3,(H,24,26)(H,22,23,25). The first-order valence-corrected chi connectivity index (χ1v) is 9.85. The molecule has 1 fully saturated rings. The van der Waals surface area contributed by atoms with Crippen LogP contribution in [0.15, 0.2) is 29.0 Å². The van der Waals surface area contributed by atoms with Crippen LogP contribution in [0.5, 0.6) is 0 Å². The van der Waals surface area contributed by atoms with Crippen LogP contribution in [-0.2, 0) is 9.53 Å². The minimum Gasteiger partial charge on any atom is -0.446 e. The average Bonchev–Trinajstić information content (AvgIpc) is 3.10. The molecule has 1 unspecified atom stereocenters. The largest absolute Gasteiger partial charge is 0.446 e. The molecular formula is C21H29N3O4. The number of carbonyl (C=O) groups excluding carboxylic acids is 2. The molecule has 0 radical (unpaired) electrons. The van der Waals surface area contributed by atoms with Gasteiger partial charge in [0.1, 0.15) is 6.10 Å². The molecule has 7 nitrogen and oxygen atoms in total. The second kappa shape index (κ2) is 8.20. The van der Waals surface area contributed by atoms with Crippen molar-refractivity contribution in [3.63, 3.8) is 0 Å². The Hall–Kier alpha value is -2.57. The zero-order valence-corrected chi connectivity index (χ0v) is 17.0. The van der Waals surface area contributed by atoms with Crippen LogP contribution in [0.25, 0.3) is 11.1 Å². The lowest BCUT2D eigenvalue weighted by Gasteiger charge is -2.32. The van der Waals surface area contributed by atoms with Crippen molar-refractivity contribution in [3.05, 3.63) is 24.6 Å². The normalized spacial score (nSPS) is 21.1. The third kappa shape index (κ3) is 5.03. The van der Waals surface area contributed by atoms with Gasteiger partial charge in [-0.05, 0) is 71.4 Å². The third-order valence-corrected chi connectivity index (χ3v) is 5.20. The number of ether oxygens (including phenoxy) is 1. The number of fused-ring (bicyclic) bond motifs is 1. The van der Waals surface area contributed by atoms with Crippen molar-refractivity contribution >= 4 is 28.8 Å². The number of pyridine rings is 1. The molecule has 2 aromatic heterocycles. The highest BCUT2D eigenvalue weighted by molar-refractivity contribution is 6.00. The number of rotatable bonds is 4. The fraction of sp³-hybridized carbons (Fsp3) is 0.571. The monoisotopic (exact) mass is 387 g/mol. The second-order valence-corrected chi connectivity index (χ2v) is 8.58. The summed E-state index contributed by atoms with van der Waals surface area (Å²) in [5.74, 6) is 0.254. The van der Waals surface area contributed by atoms with Crippen LogP contribution in [0.2, 0.25) is 0 Å². The zero-order valence-electron chi connectivity index (χ0n) is 17.0. The van der Waals surface area contributed by atoms with E-state index in [1.165, 1.54) is 0 Å². The summed E-state index contributed by atoms with van der Waals surface area (Å²) in [6.07, 6.45) is 5.92. The van der Waals surface area contributed by atoms with E-state index in [0.717, 1.165) is 36.8 Å². The second-order valence-electron chi connectivity index (χ2n) is 8.58. The van der Waals surface area contributed by atoms with Gasteiger partial charge in [0.2, 0.25) is 11.6 Å². The summed E-state index contributed by atoms with van der Waals surface area (Å²) in [4.78, 5) is 28.8. The number of nitrogens with one attached hydrogen (secondary N) is 2. The number of hydrogen-bond acceptors (Lipinski definition) is 5. The number of alkyl carbamates (subject to hydrolysis) is 1. The molecular weight excluding hydrogens is 358 g/mol. The van der Waals surface area contributed by atoms with Crippen molar-refractivity contribution in [2.75, 3.05) is 5.32 Å². The van der Waals surface area contributed by atoms with Crippen LogP contribution < -0.4 is 10.6 Å². The zero-order chi connectivity index (χ0) is 20.3. The van der Waals surface area contributed by atoms with E-state index < -0.39 is 0 Å². The molecule has 7 heteroatoms. The van der Waals surface area contributed by atoms with Crippen LogP contribution in [-0.4, -0.2) is 28.6 Å². The fourth-order valence-corrected chi connectivity index (χ4v) is 3.67. The van der Waals surface area contributed by atoms with E-state index in [1.54, 1.807) is 24.6 Å². The maximum Gasteiger partial charge on any atom is 0.407 e. The van der Waals surface area contributed by atoms with Crippen LogP contribution >= 0.6 is 0 Å². The Labute approximate surface area is 165 Å². The van der Waals surface area contributed by atoms with Crippen molar-refractivity contribution in [2.45, 2.75) is 65.0 Å². The Bertz CT molecular complexity index is 832. The van der Waals surface area contributed by atoms with E-state index in [1.807, 2.05) is 27.7 Å². The molecule has 0 bridgehead atoms. The quantitative estimate of drug-likeness (QED) is 0.806. The summed E-state index contributed by atoms with van der Waals surface area (Å²) in [5, 5.41) is 6.63. The number of nitrogens with zero attached hydrogens (tertiary/aromatic N) is 1. The highest BCUT2D eigenvalue weighted by atomic mass is 16.6. The van der Waals surface area contributed by atoms with Crippen molar-refractivity contribution < 1.29 is 18.7 Å². The van der Waals surface area contributed by atoms with Crippen molar-refractivity contribution in [1.29, 1.82) is 0 Å². The summed E-state index contributed by atoms with van der Waals surface area (Å²) >= 11 is 0. The summed E-state index contributed by atoms with van der Waals surface area (Å²) in [5.41, 5.74) is 0.919. The SMILES string of the molecule is CC(OC(=O)NC(C)(C)C)C1CCC(C(=O)Nc2ccnc3occc23)CC1. The molecule has 1 aliphatic rings. The van der Waals surface area contributed by atoms with E-state index in [2.05, 4.69) is 15.6 Å². The van der Waals surface area contributed by atoms with Crippen molar-refractivity contribution in [3.8, 4) is 0 Å². The first-order valence-electron chi connectivity index (χ1n) is 9.85. The van der Waals surface area contributed by atoms with Crippen LogP contribution in [0.3, 0.4) is 0 Å². The van der Waals surface area contributed by atoms with Gasteiger partial charge in [0.05, 0.1) is 17.3 Å². The summed E-state index contributed by atoms with van der Waals surface area (Å²) < 4.78 is 10.8. The molecule has 1 atom stereocenters. The molecule has 0 saturated heterocycles. The van der Waals surface area contributed by atoms with E-state index >= 15 is 0 Å². The predicted octanol–water partition coefficient (Wildman–Crippen LogP) is 4.49. The number of carbonyl (C=O) groups is 2. The van der Waals surface area contributed by atoms with Crippen LogP contribution in [0, 0.1) is 11.8 Å². The number of anilines is 1. The lowest BCUT2D eigenvalue weighted by molar-refractivity contribution is -0.121. The molecule has 2 heterocycles. The molecule has 0 aromatic carbocycles. The van der Waals surface area contributed by atoms with Crippen molar-refractivity contribution in [1.82, 2.24) is 10.3 Å². The topological polar surface area (TPSA) is 93.5 Å². The molecule has 0 aliphatic heterocycles. The maximum atomic E-state index is 12.7. The molecule has 152 valence electrons. The summed E-state index contributed by atoms with van der Waals surface area (Å²) in [6, 6.07) is 3.58. The van der Waals surface area contributed by atoms with Gasteiger partial charge in [0.15, 0.2) is 0 Å². The van der Waals surface area contributed by atoms with Gasteiger partial charge < -0.3 is 19.8 Å². The maximum absolute atomic E-state index is 12.7. The molecule has 1 saturated carbocycles. The Morgan fingerprint density at radius 1 is 1.21 bits per heavy atom. The van der Waals surface area contributed by atoms with Gasteiger partial charge in [-0.25, -0.2) is 9.78 Å². The van der Waals surface area contributed by atoms with Gasteiger partial charge in [-0.2, -0.15) is 0 Å². The molecule has 3 rings (SSSR count). The summed E-state index contributed by atoms with van der Waals surface area (Å²) in [7, 11) is 0. The molecule has 2 N–H and O–H groups in total. The van der Waals surface area contributed by atoms with Crippen LogP contribution in [0.1, 0.15) is 53.4 Å². The molecule has 0 spiro atoms. The number of hydrogen-bond donors (Lipinski definition) is 2. The van der Waals surface area contributed by atoms with E-state index in [-0.39, 0.29) is 35.5 Å². The molecule has 28 heavy (non-hydrogen) atoms. The Kier molecular flexibility index (Phi) is 5.91. The van der Waals surface area contributed by atoms with Gasteiger partial charge in [0.25, 0.3) is 0 Å². The predicted molar refractivity (Wildman–Crippen MR) is 107 cm³/mol. The van der Waals surface area contributed by atoms with Gasteiger partial charge in [-0.3, -0.25) is 4.79 Å². The van der Waals surface area contributed by atoms with Crippen molar-refractivity contribution in [2.24, 2.45) is 11.8 Å². The van der Waals surface area contributed by atoms with E-state index in [9.17, 15) is 9.59 Å². The number of aromatic nitrogens is 1. The Morgan fingerprint density at radius 3 is 2.61 bits per heavy atom. The number of furan rings is 1. The van der Waals surface area contributed by atoms with Gasteiger partial charge >= 0.3 is 6.09 Å².